The molecule has 33 heteroatoms. The van der Waals surface area contributed by atoms with Gasteiger partial charge in [-0.05, 0) is 183 Å². The molecule has 0 aromatic heterocycles. The van der Waals surface area contributed by atoms with E-state index >= 15 is 24.0 Å². The summed E-state index contributed by atoms with van der Waals surface area (Å²) in [4.78, 5) is 122. The molecular formula is C81H104ClN11O21. The number of fused-ring (bicyclic) bond motifs is 15. The minimum absolute atomic E-state index is 0.00507. The van der Waals surface area contributed by atoms with E-state index in [2.05, 4.69) is 60.1 Å². The van der Waals surface area contributed by atoms with Gasteiger partial charge in [-0.3, -0.25) is 38.4 Å². The first-order valence-electron chi connectivity index (χ1n) is 39.2. The highest BCUT2D eigenvalue weighted by molar-refractivity contribution is 6.32. The number of phenolic OH excluding ortho intramolecular Hbond substituents is 3. The van der Waals surface area contributed by atoms with Gasteiger partial charge in [0.2, 0.25) is 59.3 Å². The fourth-order valence-electron chi connectivity index (χ4n) is 17.1. The van der Waals surface area contributed by atoms with Gasteiger partial charge in [-0.2, -0.15) is 0 Å². The van der Waals surface area contributed by atoms with Gasteiger partial charge in [-0.25, -0.2) is 0 Å². The maximum Gasteiger partial charge on any atom is 0.248 e. The standard InChI is InChI=1S/C81H104ClN11O21/c1-6-7-8-9-10-11-18-85-19-20-86-34-48-53(96)32-47-60(69(48)100)46-28-40(12-15-52(46)95)62-76(106)93-66(80(110)91-64(47)78(108)88-61-43-24-38-23-39(26-43)27-44(61)25-38)68(99)42-14-17-55(49(82)29-42)112-57-31-45-30-56(73(57)114-81-72(103)71(102)70(101)58(35-94)113-81)111-54-16-13-41(22-37(54)4)67(98)65(92-74(104)50(84-5)21-36(2)3)79(109)87-51(33-59(83)97)75(105)89-63(45)77(107)90-62/h12-17,22,28-32,36,38-39,43-44,50-51,58,61-68,70-72,81,84-86,94-96,98-103H,6-11,18-21,23-27,33-35H2,1-5H3,(H2,83,97)(H,87,109)(H,88,108)(H,89,105)(H,90,107)(H,91,110)(H,92,104)(H,93,106)/t38?,39?,43?,44?,50-,51+,58-,61?,62-,63-,64+,65-,66+,67-,68-,70-,71+,72-,81+/m1/s1. The lowest BCUT2D eigenvalue weighted by molar-refractivity contribution is -0.277. The highest BCUT2D eigenvalue weighted by Crippen LogP contribution is 2.55. The van der Waals surface area contributed by atoms with Crippen LogP contribution in [0.25, 0.3) is 11.1 Å². The van der Waals surface area contributed by atoms with Gasteiger partial charge in [0.25, 0.3) is 0 Å². The van der Waals surface area contributed by atoms with Gasteiger partial charge in [0, 0.05) is 36.8 Å². The molecule has 1 saturated heterocycles. The number of nitrogens with two attached hydrogens (primary N) is 1. The number of unbranched alkanes of at least 4 members (excludes halogenated alkanes) is 5. The van der Waals surface area contributed by atoms with Crippen LogP contribution in [0.3, 0.4) is 0 Å². The minimum atomic E-state index is -2.27. The van der Waals surface area contributed by atoms with Crippen molar-refractivity contribution in [2.45, 2.75) is 209 Å². The van der Waals surface area contributed by atoms with Crippen molar-refractivity contribution in [1.82, 2.24) is 53.2 Å². The summed E-state index contributed by atoms with van der Waals surface area (Å²) in [6, 6.07) is 0.711. The number of halogens is 1. The zero-order valence-corrected chi connectivity index (χ0v) is 64.8. The molecular weight excluding hydrogens is 1500 g/mol. The smallest absolute Gasteiger partial charge is 0.248 e. The molecule has 5 aromatic rings. The Bertz CT molecular complexity index is 4390. The highest BCUT2D eigenvalue weighted by Gasteiger charge is 2.51. The summed E-state index contributed by atoms with van der Waals surface area (Å²) in [5, 5.41) is 135. The molecule has 616 valence electrons. The second-order valence-corrected chi connectivity index (χ2v) is 32.0. The molecule has 5 fully saturated rings. The minimum Gasteiger partial charge on any atom is -0.507 e. The quantitative estimate of drug-likeness (QED) is 0.0394. The molecule has 4 saturated carbocycles. The van der Waals surface area contributed by atoms with Crippen LogP contribution in [0.1, 0.15) is 174 Å². The van der Waals surface area contributed by atoms with Crippen LogP contribution >= 0.6 is 11.6 Å². The highest BCUT2D eigenvalue weighted by atomic mass is 35.5. The Kier molecular flexibility index (Phi) is 26.9. The predicted molar refractivity (Wildman–Crippen MR) is 412 cm³/mol. The Morgan fingerprint density at radius 1 is 0.640 bits per heavy atom. The average molecular weight is 1600 g/mol. The van der Waals surface area contributed by atoms with Crippen LogP contribution in [0, 0.1) is 36.5 Å². The van der Waals surface area contributed by atoms with E-state index in [-0.39, 0.29) is 103 Å². The van der Waals surface area contributed by atoms with Gasteiger partial charge in [0.05, 0.1) is 29.7 Å². The summed E-state index contributed by atoms with van der Waals surface area (Å²) < 4.78 is 25.6. The fraction of sp³-hybridized carbons (Fsp3) is 0.531. The number of hydrogen-bond acceptors (Lipinski definition) is 24. The number of phenols is 3. The molecule has 5 aromatic carbocycles. The van der Waals surface area contributed by atoms with E-state index in [9.17, 15) is 60.3 Å². The van der Waals surface area contributed by atoms with Crippen LogP contribution in [-0.4, -0.2) is 187 Å². The van der Waals surface area contributed by atoms with Crippen LogP contribution in [-0.2, 0) is 49.6 Å². The van der Waals surface area contributed by atoms with E-state index in [0.29, 0.717) is 24.9 Å². The summed E-state index contributed by atoms with van der Waals surface area (Å²) in [6.45, 7) is 7.83. The lowest BCUT2D eigenvalue weighted by atomic mass is 9.54. The Balaban J connectivity index is 1.04. The summed E-state index contributed by atoms with van der Waals surface area (Å²) in [5.41, 5.74) is 4.18. The molecule has 0 radical (unpaired) electrons. The van der Waals surface area contributed by atoms with Gasteiger partial charge in [0.1, 0.15) is 102 Å². The van der Waals surface area contributed by atoms with E-state index in [4.69, 9.17) is 36.3 Å². The van der Waals surface area contributed by atoms with Crippen LogP contribution in [0.2, 0.25) is 5.02 Å². The third-order valence-electron chi connectivity index (χ3n) is 23.0. The third-order valence-corrected chi connectivity index (χ3v) is 23.3. The first-order valence-corrected chi connectivity index (χ1v) is 39.6. The SMILES string of the molecule is CCCCCCCCNCCNCc1c(O)cc2c(c1O)-c1cc(ccc1O)[C@H]1NC(=O)[C@@H]3NC(=O)[C@H](CC(N)=O)NC(=O)[C@H](NC(=O)[C@@H](CC(C)C)NC)[C@H](O)c4ccc(c(C)c4)Oc4cc3cc(c4O[C@@H]3O[C@H](CO)[C@@H](O)[C@H](O)[C@H]3O)Oc3ccc(cc3Cl)[C@@H](O)[C@H](NC1=O)C(=O)N[C@@H]2C(=O)NC1C2CC3CC(C2)CC1C3. The lowest BCUT2D eigenvalue weighted by Gasteiger charge is -2.54. The Morgan fingerprint density at radius 3 is 1.93 bits per heavy atom. The summed E-state index contributed by atoms with van der Waals surface area (Å²) in [7, 11) is 1.51. The van der Waals surface area contributed by atoms with Crippen molar-refractivity contribution in [2.24, 2.45) is 35.3 Å². The van der Waals surface area contributed by atoms with Crippen LogP contribution in [0.15, 0.2) is 72.8 Å². The topological polar surface area (TPSA) is 502 Å². The number of hydrogen-bond donors (Lipinski definition) is 20. The van der Waals surface area contributed by atoms with E-state index in [0.717, 1.165) is 95.0 Å². The molecule has 15 bridgehead atoms. The Labute approximate surface area is 663 Å². The molecule has 32 nitrogen and oxygen atoms in total. The summed E-state index contributed by atoms with van der Waals surface area (Å²) in [5.74, 6) is -12.1. The van der Waals surface area contributed by atoms with Crippen molar-refractivity contribution in [3.05, 3.63) is 117 Å². The van der Waals surface area contributed by atoms with Gasteiger partial charge in [-0.1, -0.05) is 82.7 Å². The Morgan fingerprint density at radius 2 is 1.27 bits per heavy atom. The predicted octanol–water partition coefficient (Wildman–Crippen LogP) is 3.42. The van der Waals surface area contributed by atoms with Crippen molar-refractivity contribution in [3.63, 3.8) is 0 Å². The number of aromatic hydroxyl groups is 3. The second-order valence-electron chi connectivity index (χ2n) is 31.6. The van der Waals surface area contributed by atoms with Crippen molar-refractivity contribution in [2.75, 3.05) is 33.3 Å². The maximum atomic E-state index is 16.3. The summed E-state index contributed by atoms with van der Waals surface area (Å²) in [6.07, 6.45) is -3.49. The van der Waals surface area contributed by atoms with Gasteiger partial charge >= 0.3 is 0 Å². The first-order chi connectivity index (χ1) is 54.5. The fourth-order valence-corrected chi connectivity index (χ4v) is 17.4. The number of ether oxygens (including phenoxy) is 4. The third kappa shape index (κ3) is 18.6. The number of amides is 8. The van der Waals surface area contributed by atoms with E-state index in [1.165, 1.54) is 68.9 Å². The van der Waals surface area contributed by atoms with E-state index in [1.54, 1.807) is 0 Å². The average Bonchev–Trinajstić information content (AvgIpc) is 0.753. The normalized spacial score (nSPS) is 28.2. The molecule has 114 heavy (non-hydrogen) atoms. The zero-order chi connectivity index (χ0) is 81.7. The van der Waals surface area contributed by atoms with Gasteiger partial charge in [-0.15, -0.1) is 0 Å². The maximum absolute atomic E-state index is 16.3. The number of aryl methyl sites for hydroxylation is 1. The van der Waals surface area contributed by atoms with Gasteiger partial charge < -0.3 is 124 Å². The number of benzene rings is 5. The van der Waals surface area contributed by atoms with Crippen LogP contribution in [0.5, 0.6) is 46.0 Å². The second kappa shape index (κ2) is 36.6. The molecule has 10 aliphatic rings. The molecule has 15 rings (SSSR count). The monoisotopic (exact) mass is 1600 g/mol. The van der Waals surface area contributed by atoms with Crippen molar-refractivity contribution >= 4 is 58.9 Å². The van der Waals surface area contributed by atoms with Crippen LogP contribution in [0.4, 0.5) is 0 Å². The molecule has 4 aliphatic carbocycles. The van der Waals surface area contributed by atoms with Crippen LogP contribution < -0.4 is 73.1 Å². The van der Waals surface area contributed by atoms with Crippen molar-refractivity contribution in [1.29, 1.82) is 0 Å². The number of likely N-dealkylation sites (N-methyl/N-ethyl adjacent to an activating group) is 1. The summed E-state index contributed by atoms with van der Waals surface area (Å²) >= 11 is 7.19. The van der Waals surface area contributed by atoms with Crippen molar-refractivity contribution in [3.8, 4) is 57.1 Å². The molecule has 14 atom stereocenters. The number of rotatable bonds is 24. The van der Waals surface area contributed by atoms with E-state index in [1.807, 2.05) is 13.8 Å². The molecule has 21 N–H and O–H groups in total. The number of primary amides is 1. The number of aliphatic hydroxyl groups excluding tert-OH is 6. The number of carbonyl (C=O) groups excluding carboxylic acids is 8. The molecule has 6 aliphatic heterocycles. The zero-order valence-electron chi connectivity index (χ0n) is 64.1. The number of carbonyl (C=O) groups is 8. The van der Waals surface area contributed by atoms with E-state index < -0.39 is 180 Å². The van der Waals surface area contributed by atoms with Crippen molar-refractivity contribution < 1.29 is 103 Å². The molecule has 0 spiro atoms. The Hall–Kier alpha value is -9.45. The largest absolute Gasteiger partial charge is 0.507 e. The van der Waals surface area contributed by atoms with Gasteiger partial charge in [0.15, 0.2) is 11.5 Å². The lowest BCUT2D eigenvalue weighted by Crippen LogP contribution is -2.60. The molecule has 0 unspecified atom stereocenters. The molecule has 8 amide bonds. The first kappa shape index (κ1) is 84.0. The number of nitrogens with one attached hydrogen (secondary N) is 10. The molecule has 6 heterocycles. The number of aliphatic hydroxyl groups is 6.